The van der Waals surface area contributed by atoms with Crippen LogP contribution in [0.25, 0.3) is 11.3 Å². The fourth-order valence-corrected chi connectivity index (χ4v) is 6.66. The predicted molar refractivity (Wildman–Crippen MR) is 137 cm³/mol. The summed E-state index contributed by atoms with van der Waals surface area (Å²) in [6.07, 6.45) is 3.34. The molecule has 0 spiro atoms. The number of aromatic nitrogens is 2. The van der Waals surface area contributed by atoms with E-state index >= 15 is 0 Å². The summed E-state index contributed by atoms with van der Waals surface area (Å²) in [4.78, 5) is 14.8. The Bertz CT molecular complexity index is 1190. The number of alkyl halides is 2. The summed E-state index contributed by atoms with van der Waals surface area (Å²) in [5.74, 6) is -4.00. The van der Waals surface area contributed by atoms with Crippen molar-refractivity contribution < 1.29 is 27.1 Å². The lowest BCUT2D eigenvalue weighted by Gasteiger charge is -2.33. The Labute approximate surface area is 224 Å². The van der Waals surface area contributed by atoms with Crippen LogP contribution in [0.15, 0.2) is 24.3 Å². The summed E-state index contributed by atoms with van der Waals surface area (Å²) in [5, 5.41) is 14.1. The van der Waals surface area contributed by atoms with Crippen LogP contribution in [0.2, 0.25) is 0 Å². The molecule has 210 valence electrons. The molecular weight excluding hydrogens is 514 g/mol. The van der Waals surface area contributed by atoms with E-state index in [1.807, 2.05) is 0 Å². The van der Waals surface area contributed by atoms with Gasteiger partial charge in [0.1, 0.15) is 5.82 Å². The van der Waals surface area contributed by atoms with Crippen LogP contribution in [0, 0.1) is 35.3 Å². The van der Waals surface area contributed by atoms with Crippen molar-refractivity contribution in [3.05, 3.63) is 35.9 Å². The Hall–Kier alpha value is -2.79. The summed E-state index contributed by atoms with van der Waals surface area (Å²) < 4.78 is 60.6. The highest BCUT2D eigenvalue weighted by Gasteiger charge is 2.48. The minimum Gasteiger partial charge on any atom is -0.381 e. The fraction of sp³-hybridized carbons (Fsp3) is 0.607. The van der Waals surface area contributed by atoms with Crippen LogP contribution in [0.4, 0.5) is 29.1 Å². The number of nitrogens with one attached hydrogen (secondary N) is 2. The lowest BCUT2D eigenvalue weighted by atomic mass is 9.81. The van der Waals surface area contributed by atoms with Crippen molar-refractivity contribution in [2.45, 2.75) is 50.5 Å². The van der Waals surface area contributed by atoms with Crippen LogP contribution < -0.4 is 10.6 Å². The molecule has 11 heteroatoms. The number of ether oxygens (including phenoxy) is 1. The quantitative estimate of drug-likeness (QED) is 0.478. The number of carbonyl (C=O) groups is 1. The molecule has 2 aliphatic heterocycles. The minimum atomic E-state index is -2.85. The van der Waals surface area contributed by atoms with Crippen LogP contribution in [0.1, 0.15) is 38.5 Å². The molecule has 1 aromatic carbocycles. The zero-order chi connectivity index (χ0) is 27.1. The van der Waals surface area contributed by atoms with Crippen molar-refractivity contribution in [2.75, 3.05) is 43.5 Å². The number of likely N-dealkylation sites (tertiary alicyclic amines) is 1. The largest absolute Gasteiger partial charge is 0.381 e. The fourth-order valence-electron chi connectivity index (χ4n) is 6.66. The molecule has 3 atom stereocenters. The van der Waals surface area contributed by atoms with Gasteiger partial charge in [0.15, 0.2) is 11.6 Å². The third kappa shape index (κ3) is 5.89. The molecule has 1 amide bonds. The first-order valence-corrected chi connectivity index (χ1v) is 13.8. The van der Waals surface area contributed by atoms with Gasteiger partial charge in [-0.15, -0.1) is 10.2 Å². The third-order valence-electron chi connectivity index (χ3n) is 8.73. The van der Waals surface area contributed by atoms with Gasteiger partial charge < -0.3 is 20.3 Å². The molecule has 6 rings (SSSR count). The number of fused-ring (bicyclic) bond motifs is 1. The Morgan fingerprint density at radius 1 is 1.05 bits per heavy atom. The van der Waals surface area contributed by atoms with Gasteiger partial charge in [-0.25, -0.2) is 17.6 Å². The summed E-state index contributed by atoms with van der Waals surface area (Å²) in [6.45, 7) is 5.19. The van der Waals surface area contributed by atoms with E-state index in [-0.39, 0.29) is 23.0 Å². The lowest BCUT2D eigenvalue weighted by molar-refractivity contribution is -0.145. The Balaban J connectivity index is 1.04. The highest BCUT2D eigenvalue weighted by Crippen LogP contribution is 2.43. The topological polar surface area (TPSA) is 79.4 Å². The van der Waals surface area contributed by atoms with E-state index in [0.29, 0.717) is 17.7 Å². The first-order chi connectivity index (χ1) is 18.7. The van der Waals surface area contributed by atoms with Crippen molar-refractivity contribution in [1.29, 1.82) is 0 Å². The zero-order valence-corrected chi connectivity index (χ0v) is 21.6. The molecule has 3 heterocycles. The maximum absolute atomic E-state index is 14.6. The van der Waals surface area contributed by atoms with Crippen LogP contribution in [0.3, 0.4) is 0 Å². The van der Waals surface area contributed by atoms with E-state index in [4.69, 9.17) is 4.74 Å². The van der Waals surface area contributed by atoms with Gasteiger partial charge in [-0.3, -0.25) is 4.79 Å². The standard InChI is InChI=1S/C28H33F4N5O2/c29-23-10-21(34-27(38)19-11-28(31,32)12-19)9-22(26(23)30)24-1-2-25(36-35-24)33-20-7-17-14-37(15-18(17)8-20)13-16-3-5-39-6-4-16/h1-2,9-10,16-20H,3-8,11-15H2,(H,33,36)(H,34,38)/t17-,18?,20?/m1/s1. The number of carbonyl (C=O) groups excluding carboxylic acids is 1. The molecule has 7 nitrogen and oxygen atoms in total. The molecule has 4 fully saturated rings. The second-order valence-electron chi connectivity index (χ2n) is 11.7. The highest BCUT2D eigenvalue weighted by atomic mass is 19.3. The monoisotopic (exact) mass is 547 g/mol. The second-order valence-corrected chi connectivity index (χ2v) is 11.7. The second kappa shape index (κ2) is 10.6. The molecule has 4 aliphatic rings. The first-order valence-electron chi connectivity index (χ1n) is 13.8. The predicted octanol–water partition coefficient (Wildman–Crippen LogP) is 4.95. The molecule has 2 aromatic rings. The first kappa shape index (κ1) is 26.4. The van der Waals surface area contributed by atoms with Gasteiger partial charge in [0.05, 0.1) is 5.69 Å². The SMILES string of the molecule is O=C(Nc1cc(F)c(F)c(-c2ccc(NC3CC4CN(CC5CCOCC5)C[C@H]4C3)nn2)c1)C1CC(F)(F)C1. The number of nitrogens with zero attached hydrogens (tertiary/aromatic N) is 3. The minimum absolute atomic E-state index is 0.0172. The molecule has 2 unspecified atom stereocenters. The average molecular weight is 548 g/mol. The van der Waals surface area contributed by atoms with Crippen LogP contribution >= 0.6 is 0 Å². The van der Waals surface area contributed by atoms with Crippen molar-refractivity contribution in [2.24, 2.45) is 23.7 Å². The van der Waals surface area contributed by atoms with Crippen LogP contribution in [-0.4, -0.2) is 65.8 Å². The molecule has 2 saturated heterocycles. The number of hydrogen-bond acceptors (Lipinski definition) is 6. The van der Waals surface area contributed by atoms with Gasteiger partial charge in [0.2, 0.25) is 11.8 Å². The molecule has 39 heavy (non-hydrogen) atoms. The molecule has 2 N–H and O–H groups in total. The summed E-state index contributed by atoms with van der Waals surface area (Å²) in [5.41, 5.74) is -0.0740. The number of halogens is 4. The summed E-state index contributed by atoms with van der Waals surface area (Å²) in [7, 11) is 0. The van der Waals surface area contributed by atoms with Crippen molar-refractivity contribution >= 4 is 17.4 Å². The lowest BCUT2D eigenvalue weighted by Crippen LogP contribution is -2.42. The van der Waals surface area contributed by atoms with Gasteiger partial charge in [-0.1, -0.05) is 0 Å². The van der Waals surface area contributed by atoms with Crippen LogP contribution in [0.5, 0.6) is 0 Å². The number of benzene rings is 1. The van der Waals surface area contributed by atoms with E-state index in [1.54, 1.807) is 12.1 Å². The van der Waals surface area contributed by atoms with Gasteiger partial charge in [0.25, 0.3) is 0 Å². The van der Waals surface area contributed by atoms with E-state index in [0.717, 1.165) is 64.0 Å². The van der Waals surface area contributed by atoms with Gasteiger partial charge in [-0.2, -0.15) is 0 Å². The van der Waals surface area contributed by atoms with Crippen molar-refractivity contribution in [3.63, 3.8) is 0 Å². The Morgan fingerprint density at radius 2 is 1.77 bits per heavy atom. The number of anilines is 2. The van der Waals surface area contributed by atoms with Gasteiger partial charge in [-0.05, 0) is 61.6 Å². The van der Waals surface area contributed by atoms with Crippen molar-refractivity contribution in [1.82, 2.24) is 15.1 Å². The van der Waals surface area contributed by atoms with E-state index in [9.17, 15) is 22.4 Å². The highest BCUT2D eigenvalue weighted by molar-refractivity contribution is 5.94. The zero-order valence-electron chi connectivity index (χ0n) is 21.6. The van der Waals surface area contributed by atoms with Crippen LogP contribution in [-0.2, 0) is 9.53 Å². The van der Waals surface area contributed by atoms with E-state index in [1.165, 1.54) is 12.6 Å². The Kier molecular flexibility index (Phi) is 7.22. The maximum Gasteiger partial charge on any atom is 0.249 e. The molecule has 0 bridgehead atoms. The number of rotatable bonds is 7. The number of amides is 1. The third-order valence-corrected chi connectivity index (χ3v) is 8.73. The number of hydrogen-bond donors (Lipinski definition) is 2. The molecule has 2 saturated carbocycles. The maximum atomic E-state index is 14.6. The summed E-state index contributed by atoms with van der Waals surface area (Å²) in [6, 6.07) is 5.61. The molecule has 1 aromatic heterocycles. The van der Waals surface area contributed by atoms with Gasteiger partial charge >= 0.3 is 0 Å². The van der Waals surface area contributed by atoms with E-state index < -0.39 is 42.2 Å². The summed E-state index contributed by atoms with van der Waals surface area (Å²) >= 11 is 0. The molecular formula is C28H33F4N5O2. The molecule has 2 aliphatic carbocycles. The Morgan fingerprint density at radius 3 is 2.41 bits per heavy atom. The van der Waals surface area contributed by atoms with Crippen molar-refractivity contribution in [3.8, 4) is 11.3 Å². The normalized spacial score (nSPS) is 27.2. The average Bonchev–Trinajstić information content (AvgIpc) is 3.43. The molecule has 0 radical (unpaired) electrons. The van der Waals surface area contributed by atoms with Gasteiger partial charge in [0, 0.05) is 75.0 Å². The van der Waals surface area contributed by atoms with E-state index in [2.05, 4.69) is 25.7 Å². The smallest absolute Gasteiger partial charge is 0.249 e.